The second kappa shape index (κ2) is 5.78. The summed E-state index contributed by atoms with van der Waals surface area (Å²) in [5.74, 6) is 0. The van der Waals surface area contributed by atoms with Crippen molar-refractivity contribution in [2.45, 2.75) is 37.1 Å². The average Bonchev–Trinajstić information content (AvgIpc) is 3.07. The van der Waals surface area contributed by atoms with Crippen LogP contribution in [-0.2, 0) is 9.47 Å². The van der Waals surface area contributed by atoms with E-state index in [0.29, 0.717) is 6.04 Å². The fraction of sp³-hybridized carbons (Fsp3) is 0.917. The quantitative estimate of drug-likeness (QED) is 0.706. The van der Waals surface area contributed by atoms with Gasteiger partial charge in [0, 0.05) is 39.9 Å². The first-order valence-electron chi connectivity index (χ1n) is 6.20. The van der Waals surface area contributed by atoms with E-state index in [0.717, 1.165) is 19.6 Å². The van der Waals surface area contributed by atoms with Crippen molar-refractivity contribution in [3.63, 3.8) is 0 Å². The third-order valence-electron chi connectivity index (χ3n) is 3.51. The van der Waals surface area contributed by atoms with Crippen LogP contribution in [0, 0.1) is 11.3 Å². The number of nitrogens with zero attached hydrogens (tertiary/aromatic N) is 2. The highest BCUT2D eigenvalue weighted by atomic mass is 16.5. The molecule has 17 heavy (non-hydrogen) atoms. The number of hydrogen-bond acceptors (Lipinski definition) is 5. The lowest BCUT2D eigenvalue weighted by atomic mass is 10.3. The van der Waals surface area contributed by atoms with Crippen molar-refractivity contribution >= 4 is 0 Å². The summed E-state index contributed by atoms with van der Waals surface area (Å²) in [6, 6.07) is 2.83. The first kappa shape index (κ1) is 12.8. The molecule has 0 aromatic rings. The Morgan fingerprint density at radius 2 is 1.88 bits per heavy atom. The molecule has 2 aliphatic rings. The van der Waals surface area contributed by atoms with Gasteiger partial charge in [0.15, 0.2) is 0 Å². The highest BCUT2D eigenvalue weighted by Crippen LogP contribution is 2.20. The van der Waals surface area contributed by atoms with E-state index >= 15 is 0 Å². The Bertz CT molecular complexity index is 276. The summed E-state index contributed by atoms with van der Waals surface area (Å²) in [6.45, 7) is 2.45. The van der Waals surface area contributed by atoms with Crippen LogP contribution in [0.4, 0.5) is 0 Å². The highest BCUT2D eigenvalue weighted by Gasteiger charge is 2.34. The maximum absolute atomic E-state index is 9.11. The predicted octanol–water partition coefficient (Wildman–Crippen LogP) is -0.0238. The van der Waals surface area contributed by atoms with Crippen molar-refractivity contribution < 1.29 is 9.47 Å². The zero-order valence-corrected chi connectivity index (χ0v) is 10.6. The molecule has 5 heteroatoms. The third kappa shape index (κ3) is 3.39. The van der Waals surface area contributed by atoms with Gasteiger partial charge >= 0.3 is 0 Å². The van der Waals surface area contributed by atoms with Gasteiger partial charge in [0.1, 0.15) is 6.04 Å². The molecule has 0 bridgehead atoms. The Morgan fingerprint density at radius 3 is 2.29 bits per heavy atom. The van der Waals surface area contributed by atoms with Gasteiger partial charge in [-0.3, -0.25) is 10.2 Å². The molecule has 2 rings (SSSR count). The van der Waals surface area contributed by atoms with Crippen LogP contribution < -0.4 is 5.32 Å². The molecule has 5 nitrogen and oxygen atoms in total. The zero-order chi connectivity index (χ0) is 12.3. The van der Waals surface area contributed by atoms with Crippen molar-refractivity contribution in [2.24, 2.45) is 0 Å². The number of ether oxygens (including phenoxy) is 2. The minimum Gasteiger partial charge on any atom is -0.377 e. The van der Waals surface area contributed by atoms with Crippen LogP contribution in [0.1, 0.15) is 12.8 Å². The van der Waals surface area contributed by atoms with Gasteiger partial charge in [-0.15, -0.1) is 0 Å². The number of likely N-dealkylation sites (tertiary alicyclic amines) is 1. The van der Waals surface area contributed by atoms with Gasteiger partial charge < -0.3 is 9.47 Å². The van der Waals surface area contributed by atoms with E-state index in [9.17, 15) is 0 Å². The number of nitriles is 1. The third-order valence-corrected chi connectivity index (χ3v) is 3.51. The summed E-state index contributed by atoms with van der Waals surface area (Å²) in [5.41, 5.74) is 0. The van der Waals surface area contributed by atoms with Gasteiger partial charge in [0.25, 0.3) is 0 Å². The first-order chi connectivity index (χ1) is 8.26. The van der Waals surface area contributed by atoms with Crippen LogP contribution >= 0.6 is 0 Å². The molecule has 0 aromatic carbocycles. The maximum atomic E-state index is 9.11. The van der Waals surface area contributed by atoms with Crippen LogP contribution in [-0.4, -0.2) is 63.0 Å². The van der Waals surface area contributed by atoms with Crippen LogP contribution in [0.3, 0.4) is 0 Å². The van der Waals surface area contributed by atoms with Gasteiger partial charge in [-0.1, -0.05) is 0 Å². The smallest absolute Gasteiger partial charge is 0.108 e. The molecule has 1 aliphatic carbocycles. The molecule has 0 aromatic heterocycles. The molecule has 96 valence electrons. The second-order valence-corrected chi connectivity index (χ2v) is 4.89. The number of hydrogen-bond donors (Lipinski definition) is 1. The van der Waals surface area contributed by atoms with Crippen LogP contribution in [0.5, 0.6) is 0 Å². The minimum atomic E-state index is -0.0735. The Kier molecular flexibility index (Phi) is 4.35. The number of rotatable bonds is 6. The molecule has 0 amide bonds. The Labute approximate surface area is 103 Å². The number of methoxy groups -OCH3 is 2. The van der Waals surface area contributed by atoms with Crippen LogP contribution in [0.15, 0.2) is 0 Å². The van der Waals surface area contributed by atoms with Crippen molar-refractivity contribution in [1.29, 1.82) is 5.26 Å². The maximum Gasteiger partial charge on any atom is 0.108 e. The molecule has 1 saturated carbocycles. The van der Waals surface area contributed by atoms with Gasteiger partial charge in [-0.25, -0.2) is 0 Å². The normalized spacial score (nSPS) is 31.4. The summed E-state index contributed by atoms with van der Waals surface area (Å²) >= 11 is 0. The molecule has 1 aliphatic heterocycles. The summed E-state index contributed by atoms with van der Waals surface area (Å²) in [5, 5.41) is 12.5. The average molecular weight is 239 g/mol. The molecule has 3 unspecified atom stereocenters. The molecule has 2 fully saturated rings. The van der Waals surface area contributed by atoms with E-state index in [4.69, 9.17) is 14.7 Å². The molecule has 1 saturated heterocycles. The minimum absolute atomic E-state index is 0.0735. The van der Waals surface area contributed by atoms with Gasteiger partial charge in [0.05, 0.1) is 18.3 Å². The van der Waals surface area contributed by atoms with E-state index in [2.05, 4.69) is 16.3 Å². The predicted molar refractivity (Wildman–Crippen MR) is 63.6 cm³/mol. The highest BCUT2D eigenvalue weighted by molar-refractivity contribution is 4.99. The number of nitrogens with one attached hydrogen (secondary N) is 1. The van der Waals surface area contributed by atoms with Crippen LogP contribution in [0.2, 0.25) is 0 Å². The van der Waals surface area contributed by atoms with Crippen molar-refractivity contribution in [3.05, 3.63) is 0 Å². The Hall–Kier alpha value is -0.670. The lowest BCUT2D eigenvalue weighted by Crippen LogP contribution is -2.40. The van der Waals surface area contributed by atoms with Crippen molar-refractivity contribution in [1.82, 2.24) is 10.2 Å². The van der Waals surface area contributed by atoms with E-state index < -0.39 is 0 Å². The Morgan fingerprint density at radius 1 is 1.29 bits per heavy atom. The largest absolute Gasteiger partial charge is 0.377 e. The molecule has 1 heterocycles. The lowest BCUT2D eigenvalue weighted by Gasteiger charge is -2.19. The van der Waals surface area contributed by atoms with Gasteiger partial charge in [-0.2, -0.15) is 5.26 Å². The molecule has 3 atom stereocenters. The Balaban J connectivity index is 1.80. The first-order valence-corrected chi connectivity index (χ1v) is 6.20. The summed E-state index contributed by atoms with van der Waals surface area (Å²) < 4.78 is 10.8. The summed E-state index contributed by atoms with van der Waals surface area (Å²) in [7, 11) is 3.43. The molecule has 1 N–H and O–H groups in total. The standard InChI is InChI=1S/C12H21N3O2/c1-16-11-7-15(8-12(11)17-2)6-10(5-13)14-9-3-4-9/h9-12,14H,3-4,6-8H2,1-2H3. The van der Waals surface area contributed by atoms with Gasteiger partial charge in [0.2, 0.25) is 0 Å². The molecular formula is C12H21N3O2. The van der Waals surface area contributed by atoms with Crippen molar-refractivity contribution in [2.75, 3.05) is 33.9 Å². The molecule has 0 radical (unpaired) electrons. The SMILES string of the molecule is COC1CN(CC(C#N)NC2CC2)CC1OC. The van der Waals surface area contributed by atoms with Crippen molar-refractivity contribution in [3.8, 4) is 6.07 Å². The van der Waals surface area contributed by atoms with E-state index in [-0.39, 0.29) is 18.2 Å². The molecule has 0 spiro atoms. The van der Waals surface area contributed by atoms with E-state index in [1.807, 2.05) is 0 Å². The fourth-order valence-electron chi connectivity index (χ4n) is 2.34. The zero-order valence-electron chi connectivity index (χ0n) is 10.6. The molecular weight excluding hydrogens is 218 g/mol. The monoisotopic (exact) mass is 239 g/mol. The van der Waals surface area contributed by atoms with E-state index in [1.165, 1.54) is 12.8 Å². The lowest BCUT2D eigenvalue weighted by molar-refractivity contribution is -0.00461. The second-order valence-electron chi connectivity index (χ2n) is 4.89. The van der Waals surface area contributed by atoms with Crippen LogP contribution in [0.25, 0.3) is 0 Å². The topological polar surface area (TPSA) is 57.5 Å². The van der Waals surface area contributed by atoms with Gasteiger partial charge in [-0.05, 0) is 12.8 Å². The fourth-order valence-corrected chi connectivity index (χ4v) is 2.34. The summed E-state index contributed by atoms with van der Waals surface area (Å²) in [6.07, 6.45) is 2.67. The van der Waals surface area contributed by atoms with E-state index in [1.54, 1.807) is 14.2 Å². The summed E-state index contributed by atoms with van der Waals surface area (Å²) in [4.78, 5) is 2.24.